The van der Waals surface area contributed by atoms with E-state index >= 15 is 0 Å². The van der Waals surface area contributed by atoms with Gasteiger partial charge in [0.2, 0.25) is 5.91 Å². The average molecular weight is 462 g/mol. The number of likely N-dealkylation sites (N-methyl/N-ethyl adjacent to an activating group) is 1. The molecule has 2 aromatic carbocycles. The Morgan fingerprint density at radius 1 is 0.903 bits per heavy atom. The van der Waals surface area contributed by atoms with E-state index < -0.39 is 0 Å². The van der Waals surface area contributed by atoms with Crippen molar-refractivity contribution in [2.24, 2.45) is 0 Å². The van der Waals surface area contributed by atoms with Crippen LogP contribution < -0.4 is 0 Å². The summed E-state index contributed by atoms with van der Waals surface area (Å²) in [6.45, 7) is 10.8. The molecule has 168 valence electrons. The van der Waals surface area contributed by atoms with Gasteiger partial charge in [0.05, 0.1) is 0 Å². The number of amides is 1. The van der Waals surface area contributed by atoms with E-state index in [1.807, 2.05) is 41.3 Å². The number of halogens is 2. The van der Waals surface area contributed by atoms with Gasteiger partial charge in [-0.25, -0.2) is 0 Å². The molecule has 31 heavy (non-hydrogen) atoms. The van der Waals surface area contributed by atoms with Crippen molar-refractivity contribution in [1.82, 2.24) is 14.7 Å². The highest BCUT2D eigenvalue weighted by molar-refractivity contribution is 6.30. The molecular formula is C25H33Cl2N3O. The lowest BCUT2D eigenvalue weighted by molar-refractivity contribution is -0.133. The topological polar surface area (TPSA) is 26.8 Å². The van der Waals surface area contributed by atoms with Gasteiger partial charge in [0.25, 0.3) is 0 Å². The molecule has 4 nitrogen and oxygen atoms in total. The SMILES string of the molecule is CCN(CC)CC(c1ccc(Cl)cc1)N1CCN(C(=O)CCc2ccc(Cl)cc2)CC1. The highest BCUT2D eigenvalue weighted by Gasteiger charge is 2.28. The number of rotatable bonds is 9. The second-order valence-electron chi connectivity index (χ2n) is 8.10. The normalized spacial score (nSPS) is 16.0. The van der Waals surface area contributed by atoms with E-state index in [2.05, 4.69) is 35.8 Å². The van der Waals surface area contributed by atoms with E-state index in [-0.39, 0.29) is 5.91 Å². The molecule has 6 heteroatoms. The number of hydrogen-bond acceptors (Lipinski definition) is 3. The Bertz CT molecular complexity index is 814. The Morgan fingerprint density at radius 2 is 1.45 bits per heavy atom. The number of nitrogens with zero attached hydrogens (tertiary/aromatic N) is 3. The third-order valence-electron chi connectivity index (χ3n) is 6.23. The first-order chi connectivity index (χ1) is 15.0. The van der Waals surface area contributed by atoms with E-state index in [4.69, 9.17) is 23.2 Å². The van der Waals surface area contributed by atoms with Crippen LogP contribution in [0, 0.1) is 0 Å². The number of aryl methyl sites for hydroxylation is 1. The van der Waals surface area contributed by atoms with Crippen molar-refractivity contribution in [3.05, 3.63) is 69.7 Å². The molecule has 1 amide bonds. The molecule has 1 saturated heterocycles. The lowest BCUT2D eigenvalue weighted by Gasteiger charge is -2.41. The van der Waals surface area contributed by atoms with Crippen LogP contribution in [0.4, 0.5) is 0 Å². The van der Waals surface area contributed by atoms with Gasteiger partial charge in [-0.15, -0.1) is 0 Å². The lowest BCUT2D eigenvalue weighted by Crippen LogP contribution is -2.51. The molecule has 0 aliphatic carbocycles. The molecule has 1 unspecified atom stereocenters. The summed E-state index contributed by atoms with van der Waals surface area (Å²) in [5.41, 5.74) is 2.44. The Hall–Kier alpha value is -1.59. The molecule has 0 spiro atoms. The van der Waals surface area contributed by atoms with E-state index in [0.717, 1.165) is 67.8 Å². The van der Waals surface area contributed by atoms with E-state index in [1.165, 1.54) is 5.56 Å². The van der Waals surface area contributed by atoms with Crippen LogP contribution in [0.1, 0.15) is 37.4 Å². The third kappa shape index (κ3) is 6.95. The van der Waals surface area contributed by atoms with E-state index in [0.29, 0.717) is 12.5 Å². The van der Waals surface area contributed by atoms with Crippen molar-refractivity contribution >= 4 is 29.1 Å². The maximum atomic E-state index is 12.8. The third-order valence-corrected chi connectivity index (χ3v) is 6.73. The zero-order valence-corrected chi connectivity index (χ0v) is 20.1. The smallest absolute Gasteiger partial charge is 0.222 e. The van der Waals surface area contributed by atoms with Gasteiger partial charge in [0.1, 0.15) is 0 Å². The monoisotopic (exact) mass is 461 g/mol. The Balaban J connectivity index is 1.58. The number of carbonyl (C=O) groups is 1. The molecule has 2 aromatic rings. The summed E-state index contributed by atoms with van der Waals surface area (Å²) in [4.78, 5) is 19.7. The van der Waals surface area contributed by atoms with Crippen molar-refractivity contribution < 1.29 is 4.79 Å². The highest BCUT2D eigenvalue weighted by Crippen LogP contribution is 2.25. The fourth-order valence-corrected chi connectivity index (χ4v) is 4.44. The van der Waals surface area contributed by atoms with Crippen LogP contribution in [-0.4, -0.2) is 66.4 Å². The van der Waals surface area contributed by atoms with Crippen LogP contribution in [-0.2, 0) is 11.2 Å². The maximum absolute atomic E-state index is 12.8. The quantitative estimate of drug-likeness (QED) is 0.516. The van der Waals surface area contributed by atoms with Crippen LogP contribution in [0.3, 0.4) is 0 Å². The standard InChI is InChI=1S/C25H33Cl2N3O/c1-3-28(4-2)19-24(21-8-12-23(27)13-9-21)29-15-17-30(18-16-29)25(31)14-7-20-5-10-22(26)11-6-20/h5-6,8-13,24H,3-4,7,14-19H2,1-2H3. The molecule has 1 atom stereocenters. The van der Waals surface area contributed by atoms with Crippen molar-refractivity contribution in [1.29, 1.82) is 0 Å². The fraction of sp³-hybridized carbons (Fsp3) is 0.480. The Labute approximate surface area is 196 Å². The van der Waals surface area contributed by atoms with Crippen LogP contribution in [0.5, 0.6) is 0 Å². The van der Waals surface area contributed by atoms with Crippen LogP contribution in [0.25, 0.3) is 0 Å². The molecule has 0 bridgehead atoms. The molecule has 1 fully saturated rings. The second kappa shape index (κ2) is 11.9. The van der Waals surface area contributed by atoms with Crippen molar-refractivity contribution in [3.8, 4) is 0 Å². The summed E-state index contributed by atoms with van der Waals surface area (Å²) >= 11 is 12.1. The first-order valence-corrected chi connectivity index (χ1v) is 12.0. The minimum atomic E-state index is 0.237. The van der Waals surface area contributed by atoms with Gasteiger partial charge in [0, 0.05) is 55.2 Å². The Kier molecular flexibility index (Phi) is 9.21. The summed E-state index contributed by atoms with van der Waals surface area (Å²) in [5.74, 6) is 0.237. The van der Waals surface area contributed by atoms with Gasteiger partial charge in [-0.3, -0.25) is 9.69 Å². The minimum Gasteiger partial charge on any atom is -0.340 e. The van der Waals surface area contributed by atoms with Gasteiger partial charge in [0.15, 0.2) is 0 Å². The van der Waals surface area contributed by atoms with Gasteiger partial charge < -0.3 is 9.80 Å². The molecule has 0 radical (unpaired) electrons. The molecule has 3 rings (SSSR count). The predicted molar refractivity (Wildman–Crippen MR) is 130 cm³/mol. The first-order valence-electron chi connectivity index (χ1n) is 11.2. The largest absolute Gasteiger partial charge is 0.340 e. The summed E-state index contributed by atoms with van der Waals surface area (Å²) < 4.78 is 0. The molecule has 0 saturated carbocycles. The second-order valence-corrected chi connectivity index (χ2v) is 8.97. The average Bonchev–Trinajstić information content (AvgIpc) is 2.80. The first kappa shape index (κ1) is 24.1. The van der Waals surface area contributed by atoms with Crippen molar-refractivity contribution in [2.45, 2.75) is 32.7 Å². The molecule has 1 heterocycles. The molecule has 0 N–H and O–H groups in total. The lowest BCUT2D eigenvalue weighted by atomic mass is 10.0. The van der Waals surface area contributed by atoms with Crippen LogP contribution >= 0.6 is 23.2 Å². The van der Waals surface area contributed by atoms with Gasteiger partial charge >= 0.3 is 0 Å². The molecule has 1 aliphatic heterocycles. The number of piperazine rings is 1. The maximum Gasteiger partial charge on any atom is 0.222 e. The fourth-order valence-electron chi connectivity index (χ4n) is 4.19. The number of benzene rings is 2. The van der Waals surface area contributed by atoms with Gasteiger partial charge in [-0.05, 0) is 54.9 Å². The molecule has 0 aromatic heterocycles. The van der Waals surface area contributed by atoms with Gasteiger partial charge in [-0.1, -0.05) is 61.3 Å². The van der Waals surface area contributed by atoms with Gasteiger partial charge in [-0.2, -0.15) is 0 Å². The summed E-state index contributed by atoms with van der Waals surface area (Å²) in [6.07, 6.45) is 1.30. The summed E-state index contributed by atoms with van der Waals surface area (Å²) in [5, 5.41) is 1.49. The Morgan fingerprint density at radius 3 is 2.00 bits per heavy atom. The van der Waals surface area contributed by atoms with Crippen molar-refractivity contribution in [2.75, 3.05) is 45.8 Å². The van der Waals surface area contributed by atoms with Crippen molar-refractivity contribution in [3.63, 3.8) is 0 Å². The molecular weight excluding hydrogens is 429 g/mol. The number of hydrogen-bond donors (Lipinski definition) is 0. The van der Waals surface area contributed by atoms with Crippen LogP contribution in [0.15, 0.2) is 48.5 Å². The highest BCUT2D eigenvalue weighted by atomic mass is 35.5. The minimum absolute atomic E-state index is 0.237. The zero-order valence-electron chi connectivity index (χ0n) is 18.6. The summed E-state index contributed by atoms with van der Waals surface area (Å²) in [7, 11) is 0. The van der Waals surface area contributed by atoms with E-state index in [1.54, 1.807) is 0 Å². The molecule has 1 aliphatic rings. The summed E-state index contributed by atoms with van der Waals surface area (Å²) in [6, 6.07) is 16.3. The number of carbonyl (C=O) groups excluding carboxylic acids is 1. The predicted octanol–water partition coefficient (Wildman–Crippen LogP) is 5.15. The zero-order chi connectivity index (χ0) is 22.2. The van der Waals surface area contributed by atoms with E-state index in [9.17, 15) is 4.79 Å². The van der Waals surface area contributed by atoms with Crippen LogP contribution in [0.2, 0.25) is 10.0 Å².